The topological polar surface area (TPSA) is 9.23 Å². The third-order valence-corrected chi connectivity index (χ3v) is 2.92. The van der Waals surface area contributed by atoms with Crippen molar-refractivity contribution in [3.05, 3.63) is 0 Å². The van der Waals surface area contributed by atoms with Crippen molar-refractivity contribution in [3.8, 4) is 0 Å². The van der Waals surface area contributed by atoms with Crippen LogP contribution in [0.25, 0.3) is 0 Å². The second-order valence-corrected chi connectivity index (χ2v) is 4.06. The zero-order valence-electron chi connectivity index (χ0n) is 8.51. The normalized spacial score (nSPS) is 20.5. The summed E-state index contributed by atoms with van der Waals surface area (Å²) < 4.78 is 5.18. The molecule has 1 heteroatoms. The molecule has 1 atom stereocenters. The molecule has 0 aromatic heterocycles. The summed E-state index contributed by atoms with van der Waals surface area (Å²) in [6, 6.07) is 0. The molecule has 1 unspecified atom stereocenters. The van der Waals surface area contributed by atoms with E-state index in [0.717, 1.165) is 25.0 Å². The van der Waals surface area contributed by atoms with E-state index >= 15 is 0 Å². The lowest BCUT2D eigenvalue weighted by molar-refractivity contribution is -0.0433. The quantitative estimate of drug-likeness (QED) is 0.594. The van der Waals surface area contributed by atoms with Gasteiger partial charge in [0.15, 0.2) is 0 Å². The Morgan fingerprint density at radius 3 is 2.50 bits per heavy atom. The average molecular weight is 170 g/mol. The van der Waals surface area contributed by atoms with Gasteiger partial charge in [0.25, 0.3) is 0 Å². The third kappa shape index (κ3) is 3.14. The smallest absolute Gasteiger partial charge is 0.0516 e. The molecule has 1 aliphatic heterocycles. The zero-order chi connectivity index (χ0) is 8.81. The summed E-state index contributed by atoms with van der Waals surface area (Å²) in [5.74, 6) is 1.87. The minimum atomic E-state index is 0.895. The fourth-order valence-corrected chi connectivity index (χ4v) is 1.87. The van der Waals surface area contributed by atoms with Crippen molar-refractivity contribution in [3.63, 3.8) is 0 Å². The first-order valence-electron chi connectivity index (χ1n) is 5.44. The number of hydrogen-bond acceptors (Lipinski definition) is 1. The van der Waals surface area contributed by atoms with Crippen LogP contribution in [0.2, 0.25) is 0 Å². The molecule has 1 nitrogen and oxygen atoms in total. The second-order valence-electron chi connectivity index (χ2n) is 4.06. The van der Waals surface area contributed by atoms with E-state index in [1.165, 1.54) is 32.1 Å². The highest BCUT2D eigenvalue weighted by molar-refractivity contribution is 4.70. The third-order valence-electron chi connectivity index (χ3n) is 2.92. The van der Waals surface area contributed by atoms with Gasteiger partial charge in [0.1, 0.15) is 0 Å². The average Bonchev–Trinajstić information content (AvgIpc) is 2.02. The fraction of sp³-hybridized carbons (Fsp3) is 1.00. The summed E-state index contributed by atoms with van der Waals surface area (Å²) in [6.45, 7) is 6.66. The first-order chi connectivity index (χ1) is 5.86. The molecule has 1 heterocycles. The Bertz CT molecular complexity index is 108. The Morgan fingerprint density at radius 1 is 1.33 bits per heavy atom. The number of rotatable bonds is 6. The number of ether oxygens (including phenoxy) is 1. The molecular weight excluding hydrogens is 148 g/mol. The van der Waals surface area contributed by atoms with Crippen LogP contribution in [-0.2, 0) is 4.74 Å². The summed E-state index contributed by atoms with van der Waals surface area (Å²) in [4.78, 5) is 0. The first-order valence-corrected chi connectivity index (χ1v) is 5.44. The largest absolute Gasteiger partial charge is 0.381 e. The van der Waals surface area contributed by atoms with Crippen molar-refractivity contribution in [2.75, 3.05) is 13.2 Å². The highest BCUT2D eigenvalue weighted by Gasteiger charge is 2.21. The van der Waals surface area contributed by atoms with E-state index in [1.807, 2.05) is 0 Å². The number of unbranched alkanes of at least 4 members (excludes halogenated alkanes) is 1. The van der Waals surface area contributed by atoms with Crippen LogP contribution in [0, 0.1) is 11.8 Å². The van der Waals surface area contributed by atoms with Crippen LogP contribution < -0.4 is 0 Å². The molecular formula is C11H22O. The van der Waals surface area contributed by atoms with Crippen molar-refractivity contribution in [2.45, 2.75) is 46.0 Å². The van der Waals surface area contributed by atoms with Gasteiger partial charge in [-0.05, 0) is 12.3 Å². The molecule has 0 amide bonds. The second kappa shape index (κ2) is 5.58. The molecule has 72 valence electrons. The van der Waals surface area contributed by atoms with Gasteiger partial charge in [-0.2, -0.15) is 0 Å². The maximum absolute atomic E-state index is 5.18. The Morgan fingerprint density at radius 2 is 2.08 bits per heavy atom. The van der Waals surface area contributed by atoms with Gasteiger partial charge >= 0.3 is 0 Å². The van der Waals surface area contributed by atoms with Gasteiger partial charge in [0.2, 0.25) is 0 Å². The van der Waals surface area contributed by atoms with Gasteiger partial charge in [-0.3, -0.25) is 0 Å². The molecule has 1 fully saturated rings. The molecule has 0 spiro atoms. The predicted octanol–water partition coefficient (Wildman–Crippen LogP) is 3.24. The summed E-state index contributed by atoms with van der Waals surface area (Å²) in [6.07, 6.45) is 6.96. The SMILES string of the molecule is CCCCC(CC)CC1COC1. The maximum Gasteiger partial charge on any atom is 0.0516 e. The molecule has 0 radical (unpaired) electrons. The predicted molar refractivity (Wildman–Crippen MR) is 52.2 cm³/mol. The molecule has 12 heavy (non-hydrogen) atoms. The van der Waals surface area contributed by atoms with Crippen molar-refractivity contribution < 1.29 is 4.74 Å². The van der Waals surface area contributed by atoms with E-state index in [4.69, 9.17) is 4.74 Å². The molecule has 0 aromatic carbocycles. The maximum atomic E-state index is 5.18. The van der Waals surface area contributed by atoms with Crippen molar-refractivity contribution >= 4 is 0 Å². The van der Waals surface area contributed by atoms with E-state index < -0.39 is 0 Å². The van der Waals surface area contributed by atoms with Crippen LogP contribution in [0.3, 0.4) is 0 Å². The summed E-state index contributed by atoms with van der Waals surface area (Å²) in [5.41, 5.74) is 0. The van der Waals surface area contributed by atoms with E-state index in [0.29, 0.717) is 0 Å². The van der Waals surface area contributed by atoms with Crippen molar-refractivity contribution in [1.29, 1.82) is 0 Å². The standard InChI is InChI=1S/C11H22O/c1-3-5-6-10(4-2)7-11-8-12-9-11/h10-11H,3-9H2,1-2H3. The lowest BCUT2D eigenvalue weighted by atomic mass is 9.88. The van der Waals surface area contributed by atoms with Crippen molar-refractivity contribution in [2.24, 2.45) is 11.8 Å². The van der Waals surface area contributed by atoms with E-state index in [2.05, 4.69) is 13.8 Å². The lowest BCUT2D eigenvalue weighted by Crippen LogP contribution is -2.29. The first kappa shape index (κ1) is 10.0. The Kier molecular flexibility index (Phi) is 4.67. The van der Waals surface area contributed by atoms with Gasteiger partial charge in [0, 0.05) is 5.92 Å². The fourth-order valence-electron chi connectivity index (χ4n) is 1.87. The van der Waals surface area contributed by atoms with Crippen LogP contribution in [0.1, 0.15) is 46.0 Å². The molecule has 0 saturated carbocycles. The van der Waals surface area contributed by atoms with Crippen LogP contribution in [0.15, 0.2) is 0 Å². The van der Waals surface area contributed by atoms with Gasteiger partial charge in [0.05, 0.1) is 13.2 Å². The minimum absolute atomic E-state index is 0.895. The van der Waals surface area contributed by atoms with E-state index in [9.17, 15) is 0 Å². The highest BCUT2D eigenvalue weighted by atomic mass is 16.5. The highest BCUT2D eigenvalue weighted by Crippen LogP contribution is 2.25. The van der Waals surface area contributed by atoms with Crippen LogP contribution in [0.4, 0.5) is 0 Å². The molecule has 0 aromatic rings. The summed E-state index contributed by atoms with van der Waals surface area (Å²) in [7, 11) is 0. The Balaban J connectivity index is 2.06. The molecule has 0 aliphatic carbocycles. The van der Waals surface area contributed by atoms with Gasteiger partial charge < -0.3 is 4.74 Å². The van der Waals surface area contributed by atoms with Gasteiger partial charge in [-0.1, -0.05) is 39.5 Å². The molecule has 0 bridgehead atoms. The van der Waals surface area contributed by atoms with E-state index in [1.54, 1.807) is 0 Å². The van der Waals surface area contributed by atoms with Crippen LogP contribution >= 0.6 is 0 Å². The zero-order valence-corrected chi connectivity index (χ0v) is 8.51. The number of hydrogen-bond donors (Lipinski definition) is 0. The molecule has 1 aliphatic rings. The molecule has 0 N–H and O–H groups in total. The van der Waals surface area contributed by atoms with Crippen molar-refractivity contribution in [1.82, 2.24) is 0 Å². The van der Waals surface area contributed by atoms with Gasteiger partial charge in [-0.25, -0.2) is 0 Å². The molecule has 1 saturated heterocycles. The van der Waals surface area contributed by atoms with Gasteiger partial charge in [-0.15, -0.1) is 0 Å². The summed E-state index contributed by atoms with van der Waals surface area (Å²) >= 11 is 0. The monoisotopic (exact) mass is 170 g/mol. The Hall–Kier alpha value is -0.0400. The van der Waals surface area contributed by atoms with Crippen LogP contribution in [-0.4, -0.2) is 13.2 Å². The van der Waals surface area contributed by atoms with E-state index in [-0.39, 0.29) is 0 Å². The van der Waals surface area contributed by atoms with Crippen LogP contribution in [0.5, 0.6) is 0 Å². The minimum Gasteiger partial charge on any atom is -0.381 e. The Labute approximate surface area is 76.5 Å². The molecule has 1 rings (SSSR count). The lowest BCUT2D eigenvalue weighted by Gasteiger charge is -2.29. The summed E-state index contributed by atoms with van der Waals surface area (Å²) in [5, 5.41) is 0.